The summed E-state index contributed by atoms with van der Waals surface area (Å²) in [6, 6.07) is 7.14. The molecule has 0 saturated carbocycles. The average molecular weight is 411 g/mol. The molecular formula is C23H30N4OS. The number of hydrogen-bond acceptors (Lipinski definition) is 5. The summed E-state index contributed by atoms with van der Waals surface area (Å²) in [5.74, 6) is 0.669. The zero-order valence-corrected chi connectivity index (χ0v) is 18.6. The molecule has 0 saturated heterocycles. The molecule has 0 radical (unpaired) electrons. The number of thiazole rings is 1. The fourth-order valence-electron chi connectivity index (χ4n) is 4.26. The number of oxime groups is 1. The van der Waals surface area contributed by atoms with E-state index in [9.17, 15) is 0 Å². The molecule has 1 aliphatic carbocycles. The Morgan fingerprint density at radius 2 is 2.28 bits per heavy atom. The molecule has 2 aromatic heterocycles. The van der Waals surface area contributed by atoms with Crippen molar-refractivity contribution in [1.29, 1.82) is 0 Å². The van der Waals surface area contributed by atoms with E-state index in [1.54, 1.807) is 24.7 Å². The molecule has 0 aliphatic heterocycles. The highest BCUT2D eigenvalue weighted by molar-refractivity contribution is 7.09. The van der Waals surface area contributed by atoms with Crippen molar-refractivity contribution >= 4 is 28.5 Å². The first-order valence-electron chi connectivity index (χ1n) is 10.4. The highest BCUT2D eigenvalue weighted by Gasteiger charge is 2.25. The van der Waals surface area contributed by atoms with E-state index in [4.69, 9.17) is 9.82 Å². The van der Waals surface area contributed by atoms with E-state index in [0.717, 1.165) is 42.2 Å². The molecule has 1 atom stereocenters. The van der Waals surface area contributed by atoms with Crippen molar-refractivity contribution in [3.05, 3.63) is 51.1 Å². The summed E-state index contributed by atoms with van der Waals surface area (Å²) in [6.45, 7) is 8.52. The minimum atomic E-state index is 0.543. The summed E-state index contributed by atoms with van der Waals surface area (Å²) in [5, 5.41) is 12.4. The van der Waals surface area contributed by atoms with Crippen LogP contribution in [-0.2, 0) is 24.2 Å². The molecule has 4 rings (SSSR count). The van der Waals surface area contributed by atoms with Gasteiger partial charge in [0.25, 0.3) is 0 Å². The zero-order valence-electron chi connectivity index (χ0n) is 17.7. The molecule has 2 heterocycles. The van der Waals surface area contributed by atoms with Gasteiger partial charge in [0.05, 0.1) is 23.5 Å². The van der Waals surface area contributed by atoms with Gasteiger partial charge in [-0.2, -0.15) is 0 Å². The number of nitrogens with one attached hydrogen (secondary N) is 1. The Balaban J connectivity index is 1.74. The first-order valence-corrected chi connectivity index (χ1v) is 11.3. The van der Waals surface area contributed by atoms with E-state index in [0.29, 0.717) is 12.0 Å². The average Bonchev–Trinajstić information content (AvgIpc) is 3.26. The molecule has 0 bridgehead atoms. The SMILES string of the molecule is CON=Cc1ccc2c(c1)c1c(n2Cc2csc(C)n2)CC[C@@H](NCC(C)C)C1. The van der Waals surface area contributed by atoms with Gasteiger partial charge in [-0.15, -0.1) is 11.3 Å². The van der Waals surface area contributed by atoms with Crippen LogP contribution in [0.5, 0.6) is 0 Å². The summed E-state index contributed by atoms with van der Waals surface area (Å²) in [7, 11) is 1.58. The highest BCUT2D eigenvalue weighted by Crippen LogP contribution is 2.33. The molecule has 0 spiro atoms. The fourth-order valence-corrected chi connectivity index (χ4v) is 4.87. The van der Waals surface area contributed by atoms with Gasteiger partial charge in [-0.1, -0.05) is 25.1 Å². The van der Waals surface area contributed by atoms with Gasteiger partial charge in [-0.25, -0.2) is 4.98 Å². The monoisotopic (exact) mass is 410 g/mol. The molecule has 5 nitrogen and oxygen atoms in total. The molecule has 0 fully saturated rings. The van der Waals surface area contributed by atoms with Crippen molar-refractivity contribution in [2.24, 2.45) is 11.1 Å². The lowest BCUT2D eigenvalue weighted by Gasteiger charge is -2.26. The number of aryl methyl sites for hydroxylation is 1. The van der Waals surface area contributed by atoms with E-state index in [-0.39, 0.29) is 0 Å². The van der Waals surface area contributed by atoms with Gasteiger partial charge in [-0.3, -0.25) is 0 Å². The summed E-state index contributed by atoms with van der Waals surface area (Å²) >= 11 is 1.72. The molecule has 0 amide bonds. The van der Waals surface area contributed by atoms with Gasteiger partial charge < -0.3 is 14.7 Å². The third kappa shape index (κ3) is 4.38. The van der Waals surface area contributed by atoms with Crippen molar-refractivity contribution in [1.82, 2.24) is 14.9 Å². The van der Waals surface area contributed by atoms with Gasteiger partial charge in [-0.05, 0) is 61.9 Å². The lowest BCUT2D eigenvalue weighted by atomic mass is 9.90. The Bertz CT molecular complexity index is 1020. The van der Waals surface area contributed by atoms with Crippen LogP contribution >= 0.6 is 11.3 Å². The molecule has 6 heteroatoms. The van der Waals surface area contributed by atoms with Gasteiger partial charge in [0.15, 0.2) is 0 Å². The van der Waals surface area contributed by atoms with Crippen molar-refractivity contribution in [2.75, 3.05) is 13.7 Å². The number of fused-ring (bicyclic) bond motifs is 3. The molecule has 0 unspecified atom stereocenters. The number of benzene rings is 1. The van der Waals surface area contributed by atoms with Crippen LogP contribution < -0.4 is 5.32 Å². The molecule has 1 N–H and O–H groups in total. The number of rotatable bonds is 7. The summed E-state index contributed by atoms with van der Waals surface area (Å²) in [4.78, 5) is 9.59. The fraction of sp³-hybridized carbons (Fsp3) is 0.478. The van der Waals surface area contributed by atoms with Gasteiger partial charge in [0.1, 0.15) is 7.11 Å². The minimum Gasteiger partial charge on any atom is -0.399 e. The lowest BCUT2D eigenvalue weighted by Crippen LogP contribution is -2.36. The largest absolute Gasteiger partial charge is 0.399 e. The maximum atomic E-state index is 4.88. The van der Waals surface area contributed by atoms with E-state index in [2.05, 4.69) is 59.4 Å². The van der Waals surface area contributed by atoms with Gasteiger partial charge >= 0.3 is 0 Å². The van der Waals surface area contributed by atoms with Crippen LogP contribution in [-0.4, -0.2) is 35.5 Å². The Morgan fingerprint density at radius 3 is 3.00 bits per heavy atom. The van der Waals surface area contributed by atoms with Crippen LogP contribution in [0.1, 0.15) is 47.8 Å². The maximum absolute atomic E-state index is 4.88. The topological polar surface area (TPSA) is 51.4 Å². The Morgan fingerprint density at radius 1 is 1.41 bits per heavy atom. The second kappa shape index (κ2) is 8.67. The van der Waals surface area contributed by atoms with Crippen LogP contribution in [0.25, 0.3) is 10.9 Å². The highest BCUT2D eigenvalue weighted by atomic mass is 32.1. The molecule has 29 heavy (non-hydrogen) atoms. The van der Waals surface area contributed by atoms with E-state index in [1.807, 2.05) is 0 Å². The van der Waals surface area contributed by atoms with Crippen molar-refractivity contribution in [2.45, 2.75) is 52.6 Å². The second-order valence-electron chi connectivity index (χ2n) is 8.30. The van der Waals surface area contributed by atoms with E-state index >= 15 is 0 Å². The van der Waals surface area contributed by atoms with Crippen LogP contribution in [0, 0.1) is 12.8 Å². The van der Waals surface area contributed by atoms with Crippen LogP contribution in [0.15, 0.2) is 28.7 Å². The lowest BCUT2D eigenvalue weighted by molar-refractivity contribution is 0.215. The zero-order chi connectivity index (χ0) is 20.4. The standard InChI is InChI=1S/C23H30N4OS/c1-15(2)11-24-18-6-8-23-21(10-18)20-9-17(12-25-28-4)5-7-22(20)27(23)13-19-14-29-16(3)26-19/h5,7,9,12,14-15,18,24H,6,8,10-11,13H2,1-4H3/t18-/m1/s1. The second-order valence-corrected chi connectivity index (χ2v) is 9.37. The Labute approximate surface area is 176 Å². The third-order valence-electron chi connectivity index (χ3n) is 5.60. The number of nitrogens with zero attached hydrogens (tertiary/aromatic N) is 3. The quantitative estimate of drug-likeness (QED) is 0.460. The van der Waals surface area contributed by atoms with Crippen LogP contribution in [0.3, 0.4) is 0 Å². The van der Waals surface area contributed by atoms with Crippen LogP contribution in [0.2, 0.25) is 0 Å². The Kier molecular flexibility index (Phi) is 6.01. The number of hydrogen-bond donors (Lipinski definition) is 1. The molecule has 1 aliphatic rings. The van der Waals surface area contributed by atoms with Crippen LogP contribution in [0.4, 0.5) is 0 Å². The first kappa shape index (κ1) is 20.1. The first-order chi connectivity index (χ1) is 14.0. The molecule has 3 aromatic rings. The third-order valence-corrected chi connectivity index (χ3v) is 6.42. The molecule has 1 aromatic carbocycles. The van der Waals surface area contributed by atoms with Crippen molar-refractivity contribution < 1.29 is 4.84 Å². The maximum Gasteiger partial charge on any atom is 0.106 e. The normalized spacial score (nSPS) is 16.8. The van der Waals surface area contributed by atoms with Crippen molar-refractivity contribution in [3.8, 4) is 0 Å². The smallest absolute Gasteiger partial charge is 0.106 e. The summed E-state index contributed by atoms with van der Waals surface area (Å²) < 4.78 is 2.48. The summed E-state index contributed by atoms with van der Waals surface area (Å²) in [5.41, 5.74) is 6.46. The van der Waals surface area contributed by atoms with Crippen molar-refractivity contribution in [3.63, 3.8) is 0 Å². The summed E-state index contributed by atoms with van der Waals surface area (Å²) in [6.07, 6.45) is 5.14. The molecule has 154 valence electrons. The van der Waals surface area contributed by atoms with Gasteiger partial charge in [0, 0.05) is 28.0 Å². The predicted molar refractivity (Wildman–Crippen MR) is 121 cm³/mol. The molecular weight excluding hydrogens is 380 g/mol. The predicted octanol–water partition coefficient (Wildman–Crippen LogP) is 4.54. The van der Waals surface area contributed by atoms with E-state index < -0.39 is 0 Å². The minimum absolute atomic E-state index is 0.543. The Hall–Kier alpha value is -2.18. The number of aromatic nitrogens is 2. The van der Waals surface area contributed by atoms with Gasteiger partial charge in [0.2, 0.25) is 0 Å². The van der Waals surface area contributed by atoms with E-state index in [1.165, 1.54) is 28.6 Å².